The molecule has 1 aromatic heterocycles. The number of rotatable bonds is 4. The first-order chi connectivity index (χ1) is 7.34. The maximum atomic E-state index is 5.23. The Labute approximate surface area is 89.9 Å². The van der Waals surface area contributed by atoms with Gasteiger partial charge in [-0.05, 0) is 24.6 Å². The van der Waals surface area contributed by atoms with Crippen LogP contribution >= 0.6 is 0 Å². The Morgan fingerprint density at radius 3 is 2.80 bits per heavy atom. The molecule has 2 rings (SSSR count). The summed E-state index contributed by atoms with van der Waals surface area (Å²) in [6.45, 7) is 3.76. The second-order valence-corrected chi connectivity index (χ2v) is 3.67. The highest BCUT2D eigenvalue weighted by atomic mass is 16.3. The van der Waals surface area contributed by atoms with E-state index in [1.165, 1.54) is 11.1 Å². The topological polar surface area (TPSA) is 25.2 Å². The predicted molar refractivity (Wildman–Crippen MR) is 60.4 cm³/mol. The minimum atomic E-state index is 0.779. The first-order valence-corrected chi connectivity index (χ1v) is 5.13. The van der Waals surface area contributed by atoms with Crippen molar-refractivity contribution in [1.82, 2.24) is 5.32 Å². The summed E-state index contributed by atoms with van der Waals surface area (Å²) in [7, 11) is 0. The standard InChI is InChI=1S/C13H15NO/c1-11-4-2-5-12(8-11)9-14-10-13-6-3-7-15-13/h2-8,14H,9-10H2,1H3. The summed E-state index contributed by atoms with van der Waals surface area (Å²) in [5.41, 5.74) is 2.61. The van der Waals surface area contributed by atoms with E-state index in [2.05, 4.69) is 36.5 Å². The Bertz CT molecular complexity index is 406. The SMILES string of the molecule is Cc1cccc(CNCc2ccco2)c1. The van der Waals surface area contributed by atoms with Crippen LogP contribution < -0.4 is 5.32 Å². The minimum absolute atomic E-state index is 0.779. The van der Waals surface area contributed by atoms with Gasteiger partial charge in [-0.1, -0.05) is 29.8 Å². The first kappa shape index (κ1) is 9.99. The second-order valence-electron chi connectivity index (χ2n) is 3.67. The van der Waals surface area contributed by atoms with E-state index in [0.717, 1.165) is 18.8 Å². The van der Waals surface area contributed by atoms with Gasteiger partial charge in [0.25, 0.3) is 0 Å². The molecular weight excluding hydrogens is 186 g/mol. The Balaban J connectivity index is 1.83. The van der Waals surface area contributed by atoms with E-state index in [4.69, 9.17) is 4.42 Å². The van der Waals surface area contributed by atoms with Crippen molar-refractivity contribution in [1.29, 1.82) is 0 Å². The molecule has 15 heavy (non-hydrogen) atoms. The molecule has 78 valence electrons. The smallest absolute Gasteiger partial charge is 0.117 e. The molecule has 2 aromatic rings. The molecule has 0 spiro atoms. The van der Waals surface area contributed by atoms with Crippen LogP contribution in [0.3, 0.4) is 0 Å². The largest absolute Gasteiger partial charge is 0.468 e. The van der Waals surface area contributed by atoms with E-state index in [9.17, 15) is 0 Å². The average Bonchev–Trinajstić information content (AvgIpc) is 2.71. The minimum Gasteiger partial charge on any atom is -0.468 e. The molecule has 0 saturated carbocycles. The maximum Gasteiger partial charge on any atom is 0.117 e. The van der Waals surface area contributed by atoms with Crippen LogP contribution in [0.2, 0.25) is 0 Å². The van der Waals surface area contributed by atoms with Crippen LogP contribution in [0.15, 0.2) is 47.1 Å². The van der Waals surface area contributed by atoms with Crippen molar-refractivity contribution in [3.8, 4) is 0 Å². The lowest BCUT2D eigenvalue weighted by atomic mass is 10.1. The van der Waals surface area contributed by atoms with Crippen LogP contribution in [-0.2, 0) is 13.1 Å². The van der Waals surface area contributed by atoms with Gasteiger partial charge in [-0.25, -0.2) is 0 Å². The van der Waals surface area contributed by atoms with Crippen molar-refractivity contribution >= 4 is 0 Å². The Morgan fingerprint density at radius 1 is 1.13 bits per heavy atom. The summed E-state index contributed by atoms with van der Waals surface area (Å²) in [5, 5.41) is 3.34. The van der Waals surface area contributed by atoms with Crippen molar-refractivity contribution in [2.24, 2.45) is 0 Å². The van der Waals surface area contributed by atoms with Crippen LogP contribution in [0.5, 0.6) is 0 Å². The molecule has 0 amide bonds. The lowest BCUT2D eigenvalue weighted by Gasteiger charge is -2.03. The first-order valence-electron chi connectivity index (χ1n) is 5.13. The maximum absolute atomic E-state index is 5.23. The van der Waals surface area contributed by atoms with Crippen LogP contribution in [0, 0.1) is 6.92 Å². The zero-order valence-electron chi connectivity index (χ0n) is 8.86. The van der Waals surface area contributed by atoms with Gasteiger partial charge in [0.05, 0.1) is 12.8 Å². The lowest BCUT2D eigenvalue weighted by molar-refractivity contribution is 0.483. The molecule has 2 heteroatoms. The molecule has 1 N–H and O–H groups in total. The quantitative estimate of drug-likeness (QED) is 0.822. The number of hydrogen-bond acceptors (Lipinski definition) is 2. The Morgan fingerprint density at radius 2 is 2.07 bits per heavy atom. The fourth-order valence-corrected chi connectivity index (χ4v) is 1.57. The number of nitrogens with one attached hydrogen (secondary N) is 1. The fraction of sp³-hybridized carbons (Fsp3) is 0.231. The summed E-state index contributed by atoms with van der Waals surface area (Å²) < 4.78 is 5.23. The van der Waals surface area contributed by atoms with E-state index in [1.54, 1.807) is 6.26 Å². The van der Waals surface area contributed by atoms with Crippen molar-refractivity contribution in [3.63, 3.8) is 0 Å². The Kier molecular flexibility index (Phi) is 3.20. The number of benzene rings is 1. The average molecular weight is 201 g/mol. The molecule has 0 aliphatic rings. The van der Waals surface area contributed by atoms with Gasteiger partial charge in [0.2, 0.25) is 0 Å². The molecule has 0 bridgehead atoms. The van der Waals surface area contributed by atoms with Gasteiger partial charge < -0.3 is 9.73 Å². The van der Waals surface area contributed by atoms with Crippen molar-refractivity contribution < 1.29 is 4.42 Å². The molecule has 0 aliphatic carbocycles. The molecular formula is C13H15NO. The lowest BCUT2D eigenvalue weighted by Crippen LogP contribution is -2.12. The third-order valence-corrected chi connectivity index (χ3v) is 2.29. The Hall–Kier alpha value is -1.54. The highest BCUT2D eigenvalue weighted by Crippen LogP contribution is 2.04. The summed E-state index contributed by atoms with van der Waals surface area (Å²) in [6, 6.07) is 12.4. The van der Waals surface area contributed by atoms with Gasteiger partial charge >= 0.3 is 0 Å². The van der Waals surface area contributed by atoms with Crippen molar-refractivity contribution in [2.75, 3.05) is 0 Å². The molecule has 1 heterocycles. The van der Waals surface area contributed by atoms with E-state index in [-0.39, 0.29) is 0 Å². The fourth-order valence-electron chi connectivity index (χ4n) is 1.57. The van der Waals surface area contributed by atoms with Gasteiger partial charge in [-0.3, -0.25) is 0 Å². The normalized spacial score (nSPS) is 10.5. The third kappa shape index (κ3) is 2.96. The number of furan rings is 1. The van der Waals surface area contributed by atoms with E-state index in [0.29, 0.717) is 0 Å². The van der Waals surface area contributed by atoms with Gasteiger partial charge in [0.1, 0.15) is 5.76 Å². The molecule has 0 saturated heterocycles. The molecule has 1 aromatic carbocycles. The third-order valence-electron chi connectivity index (χ3n) is 2.29. The highest BCUT2D eigenvalue weighted by Gasteiger charge is 1.95. The van der Waals surface area contributed by atoms with Gasteiger partial charge in [-0.2, -0.15) is 0 Å². The monoisotopic (exact) mass is 201 g/mol. The molecule has 0 aliphatic heterocycles. The van der Waals surface area contributed by atoms with E-state index in [1.807, 2.05) is 12.1 Å². The zero-order valence-corrected chi connectivity index (χ0v) is 8.86. The highest BCUT2D eigenvalue weighted by molar-refractivity contribution is 5.21. The number of hydrogen-bond donors (Lipinski definition) is 1. The van der Waals surface area contributed by atoms with Crippen LogP contribution in [0.1, 0.15) is 16.9 Å². The summed E-state index contributed by atoms with van der Waals surface area (Å²) in [5.74, 6) is 0.975. The second kappa shape index (κ2) is 4.80. The van der Waals surface area contributed by atoms with Gasteiger partial charge in [-0.15, -0.1) is 0 Å². The zero-order chi connectivity index (χ0) is 10.5. The molecule has 2 nitrogen and oxygen atoms in total. The molecule has 0 fully saturated rings. The van der Waals surface area contributed by atoms with Gasteiger partial charge in [0.15, 0.2) is 0 Å². The molecule has 0 atom stereocenters. The summed E-state index contributed by atoms with van der Waals surface area (Å²) in [6.07, 6.45) is 1.70. The molecule has 0 radical (unpaired) electrons. The van der Waals surface area contributed by atoms with E-state index >= 15 is 0 Å². The van der Waals surface area contributed by atoms with Crippen LogP contribution in [0.25, 0.3) is 0 Å². The van der Waals surface area contributed by atoms with Crippen LogP contribution in [0.4, 0.5) is 0 Å². The van der Waals surface area contributed by atoms with Crippen molar-refractivity contribution in [3.05, 3.63) is 59.5 Å². The van der Waals surface area contributed by atoms with Crippen molar-refractivity contribution in [2.45, 2.75) is 20.0 Å². The molecule has 0 unspecified atom stereocenters. The number of aryl methyl sites for hydroxylation is 1. The van der Waals surface area contributed by atoms with E-state index < -0.39 is 0 Å². The predicted octanol–water partition coefficient (Wildman–Crippen LogP) is 2.88. The summed E-state index contributed by atoms with van der Waals surface area (Å²) >= 11 is 0. The van der Waals surface area contributed by atoms with Crippen LogP contribution in [-0.4, -0.2) is 0 Å². The summed E-state index contributed by atoms with van der Waals surface area (Å²) in [4.78, 5) is 0. The van der Waals surface area contributed by atoms with Gasteiger partial charge in [0, 0.05) is 6.54 Å².